The quantitative estimate of drug-likeness (QED) is 0.103. The maximum absolute atomic E-state index is 12.7. The van der Waals surface area contributed by atoms with E-state index in [9.17, 15) is 24.7 Å². The Balaban J connectivity index is 0.00000324. The first kappa shape index (κ1) is 26.7. The summed E-state index contributed by atoms with van der Waals surface area (Å²) in [6.45, 7) is 0.0306. The molecule has 1 unspecified atom stereocenters. The molecular formula is C16H17N8NaO6S3. The number of aliphatic carboxylic acids is 1. The van der Waals surface area contributed by atoms with Gasteiger partial charge < -0.3 is 25.5 Å². The summed E-state index contributed by atoms with van der Waals surface area (Å²) in [4.78, 5) is 37.9. The van der Waals surface area contributed by atoms with E-state index in [1.807, 2.05) is 0 Å². The van der Waals surface area contributed by atoms with Crippen LogP contribution in [0.3, 0.4) is 0 Å². The topological polar surface area (TPSA) is 202 Å². The number of aliphatic hydroxyl groups excluding tert-OH is 1. The Hall–Kier alpha value is -1.89. The van der Waals surface area contributed by atoms with E-state index in [-0.39, 0.29) is 71.1 Å². The number of aromatic nitrogens is 5. The second-order valence-corrected chi connectivity index (χ2v) is 9.82. The first-order valence-electron chi connectivity index (χ1n) is 9.42. The number of aliphatic hydroxyl groups is 1. The third-order valence-electron chi connectivity index (χ3n) is 4.86. The van der Waals surface area contributed by atoms with E-state index in [0.717, 1.165) is 16.2 Å². The number of thioether (sulfide) groups is 2. The smallest absolute Gasteiger partial charge is 0.543 e. The molecule has 2 aromatic rings. The van der Waals surface area contributed by atoms with Gasteiger partial charge in [0, 0.05) is 16.9 Å². The Morgan fingerprint density at radius 1 is 1.41 bits per heavy atom. The van der Waals surface area contributed by atoms with Gasteiger partial charge in [-0.05, 0) is 16.0 Å². The number of thiazole rings is 1. The fourth-order valence-electron chi connectivity index (χ4n) is 3.33. The number of β-lactam (4-membered cyclic amide) rings is 1. The van der Waals surface area contributed by atoms with Gasteiger partial charge >= 0.3 is 29.6 Å². The van der Waals surface area contributed by atoms with Gasteiger partial charge in [-0.15, -0.1) is 28.2 Å². The van der Waals surface area contributed by atoms with E-state index in [4.69, 9.17) is 10.5 Å². The number of nitrogens with one attached hydrogen (secondary N) is 2. The molecule has 0 spiro atoms. The maximum atomic E-state index is 12.7. The predicted molar refractivity (Wildman–Crippen MR) is 112 cm³/mol. The number of amides is 2. The molecule has 2 aliphatic heterocycles. The molecule has 4 rings (SSSR count). The van der Waals surface area contributed by atoms with Crippen molar-refractivity contribution in [2.75, 3.05) is 18.1 Å². The molecule has 176 valence electrons. The molecule has 4 N–H and O–H groups in total. The second-order valence-electron chi connectivity index (χ2n) is 6.91. The molecule has 2 aromatic heterocycles. The van der Waals surface area contributed by atoms with Crippen LogP contribution in [0.2, 0.25) is 0 Å². The van der Waals surface area contributed by atoms with E-state index in [1.54, 1.807) is 0 Å². The summed E-state index contributed by atoms with van der Waals surface area (Å²) < 4.78 is 1.97. The minimum absolute atomic E-state index is 0. The summed E-state index contributed by atoms with van der Waals surface area (Å²) in [7, 11) is 0. The average Bonchev–Trinajstić information content (AvgIpc) is 3.36. The molecule has 0 radical (unpaired) electrons. The number of rotatable bonds is 9. The normalized spacial score (nSPS) is 19.3. The van der Waals surface area contributed by atoms with Crippen LogP contribution in [0.4, 0.5) is 0 Å². The first-order chi connectivity index (χ1) is 15.8. The molecule has 18 heteroatoms. The van der Waals surface area contributed by atoms with Gasteiger partial charge in [0.05, 0.1) is 36.9 Å². The molecule has 2 aliphatic rings. The summed E-state index contributed by atoms with van der Waals surface area (Å²) in [6.07, 6.45) is -0.235. The van der Waals surface area contributed by atoms with Crippen molar-refractivity contribution in [3.8, 4) is 0 Å². The second kappa shape index (κ2) is 11.2. The van der Waals surface area contributed by atoms with Crippen molar-refractivity contribution in [2.24, 2.45) is 0 Å². The van der Waals surface area contributed by atoms with Gasteiger partial charge in [-0.25, -0.2) is 4.68 Å². The molecule has 4 heterocycles. The monoisotopic (exact) mass is 536 g/mol. The molecule has 2 atom stereocenters. The summed E-state index contributed by atoms with van der Waals surface area (Å²) in [5, 5.41) is 53.0. The van der Waals surface area contributed by atoms with Gasteiger partial charge in [-0.1, -0.05) is 11.8 Å². The van der Waals surface area contributed by atoms with Crippen molar-refractivity contribution >= 4 is 52.6 Å². The number of carbonyl (C=O) groups is 3. The van der Waals surface area contributed by atoms with E-state index in [2.05, 4.69) is 20.8 Å². The Kier molecular flexibility index (Phi) is 8.82. The zero-order chi connectivity index (χ0) is 23.7. The Bertz CT molecular complexity index is 1200. The number of carboxylic acids is 1. The fraction of sp³-hybridized carbons (Fsp3) is 0.438. The number of tetrazole rings is 1. The fourth-order valence-corrected chi connectivity index (χ4v) is 6.37. The zero-order valence-electron chi connectivity index (χ0n) is 17.7. The molecule has 2 amide bonds. The van der Waals surface area contributed by atoms with Crippen molar-refractivity contribution in [3.05, 3.63) is 27.1 Å². The summed E-state index contributed by atoms with van der Waals surface area (Å²) >= 11 is 3.43. The molecule has 1 fully saturated rings. The van der Waals surface area contributed by atoms with Crippen molar-refractivity contribution in [2.45, 2.75) is 29.5 Å². The molecule has 34 heavy (non-hydrogen) atoms. The number of nitrogens with zero attached hydrogens (tertiary/aromatic N) is 6. The minimum Gasteiger partial charge on any atom is -0.543 e. The standard InChI is InChI=1S/C16H18N8O6S3.Na/c17-15-24(30)8(6-32-15)3-9(26)18-10-12(27)23-11(14(28)29)7(4-31-13(10)23)5-33-16-19-20-21-22(16)1-2-25;/h6,10,13,17,25,30H,1-5H2,(H,18,26)(H,28,29);/q;+1/p-1/t10?,13-;/m0./s1. The third kappa shape index (κ3) is 5.19. The molecule has 0 aliphatic carbocycles. The van der Waals surface area contributed by atoms with Crippen LogP contribution in [0.1, 0.15) is 5.69 Å². The van der Waals surface area contributed by atoms with Crippen LogP contribution in [-0.4, -0.2) is 87.5 Å². The van der Waals surface area contributed by atoms with Gasteiger partial charge in [-0.3, -0.25) is 19.9 Å². The van der Waals surface area contributed by atoms with E-state index in [0.29, 0.717) is 21.2 Å². The van der Waals surface area contributed by atoms with Crippen LogP contribution in [0.25, 0.3) is 0 Å². The minimum atomic E-state index is -1.49. The molecule has 0 aromatic carbocycles. The molecule has 0 saturated carbocycles. The summed E-state index contributed by atoms with van der Waals surface area (Å²) in [5.41, 5.74) is 0.439. The Morgan fingerprint density at radius 3 is 2.82 bits per heavy atom. The summed E-state index contributed by atoms with van der Waals surface area (Å²) in [5.74, 6) is -2.12. The van der Waals surface area contributed by atoms with E-state index in [1.165, 1.54) is 33.6 Å². The van der Waals surface area contributed by atoms with Gasteiger partial charge in [-0.2, -0.15) is 4.73 Å². The number of hydrogen-bond donors (Lipinski definition) is 4. The van der Waals surface area contributed by atoms with Gasteiger partial charge in [0.2, 0.25) is 15.9 Å². The van der Waals surface area contributed by atoms with Gasteiger partial charge in [0.25, 0.3) is 5.91 Å². The van der Waals surface area contributed by atoms with Crippen molar-refractivity contribution in [1.29, 1.82) is 5.41 Å². The Labute approximate surface area is 226 Å². The molecular weight excluding hydrogens is 519 g/mol. The van der Waals surface area contributed by atoms with Crippen LogP contribution < -0.4 is 44.8 Å². The molecule has 0 bridgehead atoms. The molecule has 14 nitrogen and oxygen atoms in total. The van der Waals surface area contributed by atoms with Crippen LogP contribution >= 0.6 is 34.9 Å². The molecule has 1 saturated heterocycles. The van der Waals surface area contributed by atoms with Crippen molar-refractivity contribution in [3.63, 3.8) is 0 Å². The van der Waals surface area contributed by atoms with Crippen LogP contribution in [-0.2, 0) is 27.3 Å². The van der Waals surface area contributed by atoms with E-state index < -0.39 is 29.2 Å². The van der Waals surface area contributed by atoms with Crippen molar-refractivity contribution in [1.82, 2.24) is 35.2 Å². The first-order valence-corrected chi connectivity index (χ1v) is 12.3. The third-order valence-corrected chi connectivity index (χ3v) is 8.03. The Morgan fingerprint density at radius 2 is 2.18 bits per heavy atom. The van der Waals surface area contributed by atoms with Crippen LogP contribution in [0.15, 0.2) is 21.8 Å². The van der Waals surface area contributed by atoms with Crippen molar-refractivity contribution < 1.29 is 59.4 Å². The number of carboxylic acid groups (broad SMARTS) is 1. The SMILES string of the molecule is N=c1scc(CC(=O)NC2C(=O)N3C(C(=O)[O-])=C(CSc4nnnn4CCO)CS[C@@H]23)n1O.[Na+]. The summed E-state index contributed by atoms with van der Waals surface area (Å²) in [6, 6.07) is -0.913. The van der Waals surface area contributed by atoms with Crippen LogP contribution in [0, 0.1) is 5.41 Å². The van der Waals surface area contributed by atoms with Gasteiger partial charge in [0.1, 0.15) is 11.4 Å². The van der Waals surface area contributed by atoms with Crippen LogP contribution in [0.5, 0.6) is 0 Å². The zero-order valence-corrected chi connectivity index (χ0v) is 22.2. The largest absolute Gasteiger partial charge is 1.00 e. The maximum Gasteiger partial charge on any atom is 1.00 e. The van der Waals surface area contributed by atoms with Gasteiger partial charge in [0.15, 0.2) is 0 Å². The van der Waals surface area contributed by atoms with E-state index >= 15 is 0 Å². The number of hydrogen-bond acceptors (Lipinski definition) is 13. The number of carbonyl (C=O) groups excluding carboxylic acids is 3. The average molecular weight is 537 g/mol. The predicted octanol–water partition coefficient (Wildman–Crippen LogP) is -6.01. The number of fused-ring (bicyclic) bond motifs is 1.